The van der Waals surface area contributed by atoms with Crippen LogP contribution in [-0.4, -0.2) is 6.54 Å². The zero-order valence-electron chi connectivity index (χ0n) is 9.57. The van der Waals surface area contributed by atoms with Gasteiger partial charge in [-0.15, -0.1) is 11.3 Å². The number of benzene rings is 1. The van der Waals surface area contributed by atoms with Gasteiger partial charge in [0.1, 0.15) is 0 Å². The minimum atomic E-state index is 0.776. The summed E-state index contributed by atoms with van der Waals surface area (Å²) in [4.78, 5) is 2.79. The van der Waals surface area contributed by atoms with Crippen molar-refractivity contribution in [2.24, 2.45) is 5.73 Å². The van der Waals surface area contributed by atoms with Crippen LogP contribution in [0.3, 0.4) is 0 Å². The Morgan fingerprint density at radius 2 is 1.81 bits per heavy atom. The first-order chi connectivity index (χ1) is 7.79. The van der Waals surface area contributed by atoms with Crippen LogP contribution < -0.4 is 5.73 Å². The van der Waals surface area contributed by atoms with E-state index in [1.807, 2.05) is 11.3 Å². The molecule has 0 saturated heterocycles. The van der Waals surface area contributed by atoms with Gasteiger partial charge in [0.05, 0.1) is 0 Å². The highest BCUT2D eigenvalue weighted by Crippen LogP contribution is 2.28. The molecule has 0 amide bonds. The molecule has 0 aliphatic heterocycles. The van der Waals surface area contributed by atoms with Gasteiger partial charge >= 0.3 is 0 Å². The average molecular weight is 231 g/mol. The van der Waals surface area contributed by atoms with Crippen LogP contribution in [0.2, 0.25) is 0 Å². The number of hydrogen-bond acceptors (Lipinski definition) is 2. The number of thiophene rings is 1. The second-order valence-corrected chi connectivity index (χ2v) is 5.19. The number of nitrogens with two attached hydrogens (primary N) is 1. The third-order valence-corrected chi connectivity index (χ3v) is 3.82. The average Bonchev–Trinajstić information content (AvgIpc) is 2.76. The fourth-order valence-electron chi connectivity index (χ4n) is 1.66. The highest BCUT2D eigenvalue weighted by atomic mass is 32.1. The highest BCUT2D eigenvalue weighted by molar-refractivity contribution is 7.15. The zero-order valence-corrected chi connectivity index (χ0v) is 10.4. The van der Waals surface area contributed by atoms with Crippen molar-refractivity contribution in [1.82, 2.24) is 0 Å². The van der Waals surface area contributed by atoms with Gasteiger partial charge in [-0.3, -0.25) is 0 Å². The van der Waals surface area contributed by atoms with Crippen LogP contribution in [0.1, 0.15) is 16.9 Å². The van der Waals surface area contributed by atoms with E-state index < -0.39 is 0 Å². The molecule has 0 bridgehead atoms. The maximum absolute atomic E-state index is 5.52. The summed E-state index contributed by atoms with van der Waals surface area (Å²) in [5.41, 5.74) is 8.14. The molecule has 2 aromatic rings. The van der Waals surface area contributed by atoms with Crippen molar-refractivity contribution in [3.8, 4) is 10.4 Å². The van der Waals surface area contributed by atoms with Crippen molar-refractivity contribution in [2.45, 2.75) is 19.8 Å². The second kappa shape index (κ2) is 5.28. The van der Waals surface area contributed by atoms with E-state index in [1.165, 1.54) is 20.9 Å². The summed E-state index contributed by atoms with van der Waals surface area (Å²) in [6.07, 6.45) is 2.18. The summed E-state index contributed by atoms with van der Waals surface area (Å²) in [5, 5.41) is 0. The quantitative estimate of drug-likeness (QED) is 0.854. The first-order valence-corrected chi connectivity index (χ1v) is 6.47. The molecular weight excluding hydrogens is 214 g/mol. The summed E-state index contributed by atoms with van der Waals surface area (Å²) < 4.78 is 0. The van der Waals surface area contributed by atoms with E-state index in [0.717, 1.165) is 19.4 Å². The Morgan fingerprint density at radius 3 is 2.50 bits per heavy atom. The van der Waals surface area contributed by atoms with Crippen LogP contribution in [0.4, 0.5) is 0 Å². The van der Waals surface area contributed by atoms with Gasteiger partial charge in [-0.2, -0.15) is 0 Å². The summed E-state index contributed by atoms with van der Waals surface area (Å²) in [5.74, 6) is 0. The summed E-state index contributed by atoms with van der Waals surface area (Å²) in [7, 11) is 0. The van der Waals surface area contributed by atoms with E-state index in [9.17, 15) is 0 Å². The predicted molar refractivity (Wildman–Crippen MR) is 71.9 cm³/mol. The van der Waals surface area contributed by atoms with Crippen LogP contribution in [-0.2, 0) is 6.42 Å². The third-order valence-electron chi connectivity index (χ3n) is 2.63. The second-order valence-electron chi connectivity index (χ2n) is 4.02. The van der Waals surface area contributed by atoms with Gasteiger partial charge in [0, 0.05) is 9.75 Å². The fourth-order valence-corrected chi connectivity index (χ4v) is 2.72. The lowest BCUT2D eigenvalue weighted by atomic mass is 10.1. The number of aryl methyl sites for hydroxylation is 2. The van der Waals surface area contributed by atoms with Gasteiger partial charge in [0.15, 0.2) is 0 Å². The normalized spacial score (nSPS) is 10.6. The molecule has 0 aliphatic rings. The van der Waals surface area contributed by atoms with Crippen molar-refractivity contribution in [1.29, 1.82) is 0 Å². The molecule has 2 N–H and O–H groups in total. The summed E-state index contributed by atoms with van der Waals surface area (Å²) in [6, 6.07) is 13.1. The van der Waals surface area contributed by atoms with Crippen molar-refractivity contribution in [2.75, 3.05) is 6.54 Å². The largest absolute Gasteiger partial charge is 0.330 e. The molecule has 1 aromatic carbocycles. The van der Waals surface area contributed by atoms with Gasteiger partial charge in [-0.25, -0.2) is 0 Å². The zero-order chi connectivity index (χ0) is 11.4. The summed E-state index contributed by atoms with van der Waals surface area (Å²) in [6.45, 7) is 2.89. The van der Waals surface area contributed by atoms with Crippen molar-refractivity contribution in [3.05, 3.63) is 46.8 Å². The SMILES string of the molecule is Cc1ccc(-c2ccc(CCCN)s2)cc1. The lowest BCUT2D eigenvalue weighted by molar-refractivity contribution is 0.843. The standard InChI is InChI=1S/C14H17NS/c1-11-4-6-12(7-5-11)14-9-8-13(16-14)3-2-10-15/h4-9H,2-3,10,15H2,1H3. The molecule has 0 saturated carbocycles. The first-order valence-electron chi connectivity index (χ1n) is 5.65. The summed E-state index contributed by atoms with van der Waals surface area (Å²) >= 11 is 1.88. The molecule has 0 fully saturated rings. The smallest absolute Gasteiger partial charge is 0.0345 e. The Labute approximate surface area is 101 Å². The van der Waals surface area contributed by atoms with Crippen LogP contribution in [0.5, 0.6) is 0 Å². The van der Waals surface area contributed by atoms with Crippen LogP contribution in [0.25, 0.3) is 10.4 Å². The fraction of sp³-hybridized carbons (Fsp3) is 0.286. The van der Waals surface area contributed by atoms with E-state index >= 15 is 0 Å². The monoisotopic (exact) mass is 231 g/mol. The van der Waals surface area contributed by atoms with E-state index in [-0.39, 0.29) is 0 Å². The van der Waals surface area contributed by atoms with Gasteiger partial charge in [-0.1, -0.05) is 29.8 Å². The van der Waals surface area contributed by atoms with Gasteiger partial charge in [0.2, 0.25) is 0 Å². The molecule has 0 unspecified atom stereocenters. The molecule has 0 aliphatic carbocycles. The van der Waals surface area contributed by atoms with Gasteiger partial charge < -0.3 is 5.73 Å². The first kappa shape index (κ1) is 11.4. The Hall–Kier alpha value is -1.12. The number of rotatable bonds is 4. The molecule has 1 aromatic heterocycles. The lowest BCUT2D eigenvalue weighted by Gasteiger charge is -1.98. The Bertz CT molecular complexity index is 442. The molecule has 84 valence electrons. The minimum Gasteiger partial charge on any atom is -0.330 e. The van der Waals surface area contributed by atoms with E-state index in [2.05, 4.69) is 43.3 Å². The maximum atomic E-state index is 5.52. The van der Waals surface area contributed by atoms with Crippen LogP contribution >= 0.6 is 11.3 Å². The number of hydrogen-bond donors (Lipinski definition) is 1. The minimum absolute atomic E-state index is 0.776. The molecule has 16 heavy (non-hydrogen) atoms. The Morgan fingerprint density at radius 1 is 1.06 bits per heavy atom. The molecule has 0 spiro atoms. The molecule has 0 radical (unpaired) electrons. The van der Waals surface area contributed by atoms with Gasteiger partial charge in [0.25, 0.3) is 0 Å². The topological polar surface area (TPSA) is 26.0 Å². The molecule has 2 heteroatoms. The third kappa shape index (κ3) is 2.71. The van der Waals surface area contributed by atoms with Crippen molar-refractivity contribution in [3.63, 3.8) is 0 Å². The Balaban J connectivity index is 2.15. The van der Waals surface area contributed by atoms with Crippen molar-refractivity contribution >= 4 is 11.3 Å². The maximum Gasteiger partial charge on any atom is 0.0345 e. The van der Waals surface area contributed by atoms with Crippen LogP contribution in [0, 0.1) is 6.92 Å². The lowest BCUT2D eigenvalue weighted by Crippen LogP contribution is -1.99. The molecular formula is C14H17NS. The highest BCUT2D eigenvalue weighted by Gasteiger charge is 2.02. The predicted octanol–water partition coefficient (Wildman–Crippen LogP) is 3.61. The van der Waals surface area contributed by atoms with E-state index in [1.54, 1.807) is 0 Å². The van der Waals surface area contributed by atoms with Crippen molar-refractivity contribution < 1.29 is 0 Å². The van der Waals surface area contributed by atoms with E-state index in [4.69, 9.17) is 5.73 Å². The Kier molecular flexibility index (Phi) is 3.75. The van der Waals surface area contributed by atoms with Crippen LogP contribution in [0.15, 0.2) is 36.4 Å². The van der Waals surface area contributed by atoms with Gasteiger partial charge in [-0.05, 0) is 44.0 Å². The molecule has 2 rings (SSSR count). The molecule has 1 nitrogen and oxygen atoms in total. The van der Waals surface area contributed by atoms with E-state index in [0.29, 0.717) is 0 Å². The molecule has 1 heterocycles. The molecule has 0 atom stereocenters.